The molecule has 0 bridgehead atoms. The maximum absolute atomic E-state index is 5.88. The van der Waals surface area contributed by atoms with E-state index in [2.05, 4.69) is 25.9 Å². The Morgan fingerprint density at radius 3 is 2.25 bits per heavy atom. The fourth-order valence-electron chi connectivity index (χ4n) is 0.928. The highest BCUT2D eigenvalue weighted by molar-refractivity contribution is 9.10. The summed E-state index contributed by atoms with van der Waals surface area (Å²) in [6, 6.07) is 0. The summed E-state index contributed by atoms with van der Waals surface area (Å²) >= 11 is 3.27. The Labute approximate surface area is 85.3 Å². The number of nitrogens with zero attached hydrogens (tertiary/aromatic N) is 2. The van der Waals surface area contributed by atoms with Gasteiger partial charge >= 0.3 is 0 Å². The predicted molar refractivity (Wildman–Crippen MR) is 52.1 cm³/mol. The van der Waals surface area contributed by atoms with E-state index < -0.39 is 0 Å². The summed E-state index contributed by atoms with van der Waals surface area (Å²) < 4.78 is 0.894. The average Bonchev–Trinajstić information content (AvgIpc) is 2.70. The topological polar surface area (TPSA) is 51.8 Å². The molecule has 5 heteroatoms. The Morgan fingerprint density at radius 1 is 1.33 bits per heavy atom. The molecule has 0 radical (unpaired) electrons. The fraction of sp³-hybridized carbons (Fsp3) is 0.429. The van der Waals surface area contributed by atoms with E-state index in [1.807, 2.05) is 0 Å². The zero-order valence-electron chi connectivity index (χ0n) is 6.33. The van der Waals surface area contributed by atoms with Crippen molar-refractivity contribution < 1.29 is 0 Å². The van der Waals surface area contributed by atoms with Gasteiger partial charge in [-0.2, -0.15) is 0 Å². The molecule has 3 nitrogen and oxygen atoms in total. The molecule has 1 fully saturated rings. The van der Waals surface area contributed by atoms with Gasteiger partial charge in [0.2, 0.25) is 0 Å². The van der Waals surface area contributed by atoms with Gasteiger partial charge in [-0.15, -0.1) is 12.4 Å². The molecule has 0 saturated heterocycles. The Kier molecular flexibility index (Phi) is 2.70. The van der Waals surface area contributed by atoms with Crippen LogP contribution < -0.4 is 5.73 Å². The third kappa shape index (κ3) is 1.76. The molecule has 0 amide bonds. The smallest absolute Gasteiger partial charge is 0.148 e. The van der Waals surface area contributed by atoms with E-state index in [9.17, 15) is 0 Å². The highest BCUT2D eigenvalue weighted by Gasteiger charge is 2.42. The van der Waals surface area contributed by atoms with Crippen molar-refractivity contribution in [2.45, 2.75) is 18.4 Å². The van der Waals surface area contributed by atoms with Crippen molar-refractivity contribution in [3.63, 3.8) is 0 Å². The zero-order chi connectivity index (χ0) is 7.90. The monoisotopic (exact) mass is 249 g/mol. The van der Waals surface area contributed by atoms with Crippen LogP contribution in [0.2, 0.25) is 0 Å². The van der Waals surface area contributed by atoms with Gasteiger partial charge in [0.15, 0.2) is 0 Å². The van der Waals surface area contributed by atoms with Crippen molar-refractivity contribution in [1.29, 1.82) is 0 Å². The summed E-state index contributed by atoms with van der Waals surface area (Å²) in [5.74, 6) is 0.765. The molecular weight excluding hydrogens is 241 g/mol. The van der Waals surface area contributed by atoms with Crippen molar-refractivity contribution in [1.82, 2.24) is 9.97 Å². The second-order valence-corrected chi connectivity index (χ2v) is 3.80. The zero-order valence-corrected chi connectivity index (χ0v) is 8.73. The number of rotatable bonds is 1. The van der Waals surface area contributed by atoms with Crippen molar-refractivity contribution in [2.24, 2.45) is 5.73 Å². The normalized spacial score (nSPS) is 18.2. The fourth-order valence-corrected chi connectivity index (χ4v) is 1.13. The molecule has 1 aromatic rings. The molecule has 1 aliphatic carbocycles. The van der Waals surface area contributed by atoms with Crippen LogP contribution in [0.5, 0.6) is 0 Å². The minimum Gasteiger partial charge on any atom is -0.319 e. The SMILES string of the molecule is Cl.NC1(c2ncc(Br)cn2)CC1. The second-order valence-electron chi connectivity index (χ2n) is 2.88. The first-order valence-electron chi connectivity index (χ1n) is 3.48. The Bertz CT molecular complexity index is 270. The number of aromatic nitrogens is 2. The Balaban J connectivity index is 0.000000720. The lowest BCUT2D eigenvalue weighted by Gasteiger charge is -2.04. The maximum Gasteiger partial charge on any atom is 0.148 e. The van der Waals surface area contributed by atoms with Crippen LogP contribution in [0.4, 0.5) is 0 Å². The van der Waals surface area contributed by atoms with E-state index >= 15 is 0 Å². The summed E-state index contributed by atoms with van der Waals surface area (Å²) in [5, 5.41) is 0. The summed E-state index contributed by atoms with van der Waals surface area (Å²) in [7, 11) is 0. The quantitative estimate of drug-likeness (QED) is 0.824. The van der Waals surface area contributed by atoms with Gasteiger partial charge in [0.1, 0.15) is 5.82 Å². The third-order valence-corrected chi connectivity index (χ3v) is 2.26. The third-order valence-electron chi connectivity index (χ3n) is 1.85. The molecule has 66 valence electrons. The molecule has 0 unspecified atom stereocenters. The van der Waals surface area contributed by atoms with Gasteiger partial charge in [0.05, 0.1) is 10.0 Å². The predicted octanol–water partition coefficient (Wildman–Crippen LogP) is 1.61. The number of hydrogen-bond acceptors (Lipinski definition) is 3. The first-order valence-corrected chi connectivity index (χ1v) is 4.27. The lowest BCUT2D eigenvalue weighted by atomic mass is 10.3. The number of halogens is 2. The molecular formula is C7H9BrClN3. The lowest BCUT2D eigenvalue weighted by molar-refractivity contribution is 0.670. The van der Waals surface area contributed by atoms with Crippen molar-refractivity contribution >= 4 is 28.3 Å². The summed E-state index contributed by atoms with van der Waals surface area (Å²) in [5.41, 5.74) is 5.67. The molecule has 0 spiro atoms. The van der Waals surface area contributed by atoms with Crippen LogP contribution in [0.15, 0.2) is 16.9 Å². The van der Waals surface area contributed by atoms with E-state index in [1.54, 1.807) is 12.4 Å². The molecule has 1 heterocycles. The molecule has 12 heavy (non-hydrogen) atoms. The highest BCUT2D eigenvalue weighted by Crippen LogP contribution is 2.40. The highest BCUT2D eigenvalue weighted by atomic mass is 79.9. The molecule has 2 rings (SSSR count). The van der Waals surface area contributed by atoms with E-state index in [-0.39, 0.29) is 17.9 Å². The number of hydrogen-bond donors (Lipinski definition) is 1. The first-order chi connectivity index (χ1) is 5.21. The maximum atomic E-state index is 5.88. The van der Waals surface area contributed by atoms with Gasteiger partial charge in [-0.05, 0) is 28.8 Å². The van der Waals surface area contributed by atoms with Crippen LogP contribution in [0.1, 0.15) is 18.7 Å². The van der Waals surface area contributed by atoms with Crippen molar-refractivity contribution in [3.8, 4) is 0 Å². The average molecular weight is 251 g/mol. The largest absolute Gasteiger partial charge is 0.319 e. The molecule has 0 atom stereocenters. The van der Waals surface area contributed by atoms with Gasteiger partial charge < -0.3 is 5.73 Å². The van der Waals surface area contributed by atoms with E-state index in [4.69, 9.17) is 5.73 Å². The molecule has 1 saturated carbocycles. The molecule has 0 aliphatic heterocycles. The van der Waals surface area contributed by atoms with Crippen LogP contribution in [-0.4, -0.2) is 9.97 Å². The second kappa shape index (κ2) is 3.28. The minimum atomic E-state index is -0.208. The minimum absolute atomic E-state index is 0. The van der Waals surface area contributed by atoms with Crippen LogP contribution in [0, 0.1) is 0 Å². The summed E-state index contributed by atoms with van der Waals surface area (Å²) in [4.78, 5) is 8.26. The molecule has 0 aromatic carbocycles. The van der Waals surface area contributed by atoms with Crippen molar-refractivity contribution in [2.75, 3.05) is 0 Å². The van der Waals surface area contributed by atoms with Gasteiger partial charge in [-0.1, -0.05) is 0 Å². The lowest BCUT2D eigenvalue weighted by Crippen LogP contribution is -2.21. The molecule has 1 aromatic heterocycles. The van der Waals surface area contributed by atoms with Crippen molar-refractivity contribution in [3.05, 3.63) is 22.7 Å². The van der Waals surface area contributed by atoms with Gasteiger partial charge in [0.25, 0.3) is 0 Å². The Morgan fingerprint density at radius 2 is 1.83 bits per heavy atom. The summed E-state index contributed by atoms with van der Waals surface area (Å²) in [6.07, 6.45) is 5.48. The van der Waals surface area contributed by atoms with Crippen LogP contribution in [0.25, 0.3) is 0 Å². The molecule has 1 aliphatic rings. The van der Waals surface area contributed by atoms with Crippen LogP contribution in [-0.2, 0) is 5.54 Å². The van der Waals surface area contributed by atoms with Crippen LogP contribution in [0.3, 0.4) is 0 Å². The molecule has 2 N–H and O–H groups in total. The van der Waals surface area contributed by atoms with E-state index in [0.29, 0.717) is 0 Å². The van der Waals surface area contributed by atoms with Gasteiger partial charge in [0, 0.05) is 12.4 Å². The van der Waals surface area contributed by atoms with Crippen LogP contribution >= 0.6 is 28.3 Å². The first kappa shape index (κ1) is 9.89. The van der Waals surface area contributed by atoms with Gasteiger partial charge in [-0.25, -0.2) is 9.97 Å². The number of nitrogens with two attached hydrogens (primary N) is 1. The Hall–Kier alpha value is -0.190. The van der Waals surface area contributed by atoms with E-state index in [1.165, 1.54) is 0 Å². The van der Waals surface area contributed by atoms with Gasteiger partial charge in [-0.3, -0.25) is 0 Å². The van der Waals surface area contributed by atoms with E-state index in [0.717, 1.165) is 23.1 Å². The summed E-state index contributed by atoms with van der Waals surface area (Å²) in [6.45, 7) is 0. The standard InChI is InChI=1S/C7H8BrN3.ClH/c8-5-3-10-6(11-4-5)7(9)1-2-7;/h3-4H,1-2,9H2;1H.